The third-order valence-corrected chi connectivity index (χ3v) is 3.40. The van der Waals surface area contributed by atoms with Crippen LogP contribution in [0, 0.1) is 0 Å². The van der Waals surface area contributed by atoms with Crippen molar-refractivity contribution in [3.63, 3.8) is 0 Å². The maximum Gasteiger partial charge on any atom is 0.326 e. The maximum atomic E-state index is 11.6. The number of carbonyl (C=O) groups is 2. The molecular weight excluding hydrogens is 394 g/mol. The Morgan fingerprint density at radius 2 is 2.15 bits per heavy atom. The quantitative estimate of drug-likeness (QED) is 0.682. The SMILES string of the molecule is C=CCC(NC(=O)COc1ccc(Br)cc1Br)C(=O)O. The molecule has 0 bridgehead atoms. The summed E-state index contributed by atoms with van der Waals surface area (Å²) in [6.07, 6.45) is 1.59. The van der Waals surface area contributed by atoms with Crippen LogP contribution in [-0.4, -0.2) is 29.6 Å². The molecule has 5 nitrogen and oxygen atoms in total. The van der Waals surface area contributed by atoms with Crippen LogP contribution in [0.3, 0.4) is 0 Å². The Morgan fingerprint density at radius 3 is 2.70 bits per heavy atom. The first kappa shape index (κ1) is 16.7. The minimum absolute atomic E-state index is 0.156. The average Bonchev–Trinajstić information content (AvgIpc) is 2.37. The number of carboxylic acid groups (broad SMARTS) is 1. The summed E-state index contributed by atoms with van der Waals surface area (Å²) in [6.45, 7) is 3.18. The second kappa shape index (κ2) is 8.06. The Hall–Kier alpha value is -1.34. The fourth-order valence-corrected chi connectivity index (χ4v) is 2.52. The van der Waals surface area contributed by atoms with Crippen molar-refractivity contribution in [2.45, 2.75) is 12.5 Å². The standard InChI is InChI=1S/C13H13Br2NO4/c1-2-3-10(13(18)19)16-12(17)7-20-11-5-4-8(14)6-9(11)15/h2,4-6,10H,1,3,7H2,(H,16,17)(H,18,19). The largest absolute Gasteiger partial charge is 0.483 e. The number of carbonyl (C=O) groups excluding carboxylic acids is 1. The van der Waals surface area contributed by atoms with E-state index in [4.69, 9.17) is 9.84 Å². The molecule has 0 heterocycles. The minimum Gasteiger partial charge on any atom is -0.483 e. The molecule has 1 amide bonds. The highest BCUT2D eigenvalue weighted by Gasteiger charge is 2.18. The predicted octanol–water partition coefficient (Wildman–Crippen LogP) is 2.74. The average molecular weight is 407 g/mol. The van der Waals surface area contributed by atoms with Crippen molar-refractivity contribution in [3.8, 4) is 5.75 Å². The minimum atomic E-state index is -1.11. The van der Waals surface area contributed by atoms with Gasteiger partial charge in [0.05, 0.1) is 4.47 Å². The lowest BCUT2D eigenvalue weighted by Gasteiger charge is -2.13. The molecule has 0 fully saturated rings. The van der Waals surface area contributed by atoms with Gasteiger partial charge in [0.15, 0.2) is 6.61 Å². The number of aliphatic carboxylic acids is 1. The monoisotopic (exact) mass is 405 g/mol. The van der Waals surface area contributed by atoms with Crippen molar-refractivity contribution in [2.24, 2.45) is 0 Å². The van der Waals surface area contributed by atoms with Gasteiger partial charge in [-0.1, -0.05) is 22.0 Å². The molecule has 1 aromatic rings. The highest BCUT2D eigenvalue weighted by atomic mass is 79.9. The first-order chi connectivity index (χ1) is 9.43. The molecule has 20 heavy (non-hydrogen) atoms. The van der Waals surface area contributed by atoms with Crippen LogP contribution in [0.1, 0.15) is 6.42 Å². The summed E-state index contributed by atoms with van der Waals surface area (Å²) in [5.74, 6) is -1.11. The maximum absolute atomic E-state index is 11.6. The van der Waals surface area contributed by atoms with Crippen LogP contribution in [-0.2, 0) is 9.59 Å². The summed E-state index contributed by atoms with van der Waals surface area (Å²) in [4.78, 5) is 22.5. The highest BCUT2D eigenvalue weighted by molar-refractivity contribution is 9.11. The van der Waals surface area contributed by atoms with Crippen molar-refractivity contribution in [1.29, 1.82) is 0 Å². The fraction of sp³-hybridized carbons (Fsp3) is 0.231. The Morgan fingerprint density at radius 1 is 1.45 bits per heavy atom. The molecule has 1 atom stereocenters. The van der Waals surface area contributed by atoms with Gasteiger partial charge in [-0.3, -0.25) is 4.79 Å². The molecule has 0 saturated carbocycles. The van der Waals surface area contributed by atoms with Crippen LogP contribution in [0.25, 0.3) is 0 Å². The van der Waals surface area contributed by atoms with E-state index < -0.39 is 17.9 Å². The molecule has 0 aliphatic carbocycles. The zero-order valence-electron chi connectivity index (χ0n) is 10.4. The van der Waals surface area contributed by atoms with E-state index in [0.717, 1.165) is 4.47 Å². The molecule has 0 aromatic heterocycles. The van der Waals surface area contributed by atoms with Gasteiger partial charge in [-0.2, -0.15) is 0 Å². The molecule has 1 rings (SSSR count). The summed E-state index contributed by atoms with van der Waals surface area (Å²) >= 11 is 6.60. The number of amides is 1. The van der Waals surface area contributed by atoms with E-state index >= 15 is 0 Å². The number of carboxylic acids is 1. The van der Waals surface area contributed by atoms with Gasteiger partial charge >= 0.3 is 5.97 Å². The third-order valence-electron chi connectivity index (χ3n) is 2.29. The smallest absolute Gasteiger partial charge is 0.326 e. The molecule has 2 N–H and O–H groups in total. The molecule has 108 valence electrons. The van der Waals surface area contributed by atoms with Gasteiger partial charge < -0.3 is 15.2 Å². The topological polar surface area (TPSA) is 75.6 Å². The van der Waals surface area contributed by atoms with E-state index in [0.29, 0.717) is 10.2 Å². The lowest BCUT2D eigenvalue weighted by Crippen LogP contribution is -2.42. The molecule has 7 heteroatoms. The van der Waals surface area contributed by atoms with Crippen molar-refractivity contribution < 1.29 is 19.4 Å². The van der Waals surface area contributed by atoms with Gasteiger partial charge in [-0.25, -0.2) is 4.79 Å². The normalized spacial score (nSPS) is 11.5. The second-order valence-electron chi connectivity index (χ2n) is 3.85. The van der Waals surface area contributed by atoms with Gasteiger partial charge in [-0.05, 0) is 40.5 Å². The Balaban J connectivity index is 2.54. The lowest BCUT2D eigenvalue weighted by molar-refractivity contribution is -0.142. The van der Waals surface area contributed by atoms with Crippen molar-refractivity contribution in [1.82, 2.24) is 5.32 Å². The number of halogens is 2. The van der Waals surface area contributed by atoms with Gasteiger partial charge in [0, 0.05) is 4.47 Å². The number of ether oxygens (including phenoxy) is 1. The van der Waals surface area contributed by atoms with Gasteiger partial charge in [0.1, 0.15) is 11.8 Å². The molecule has 0 saturated heterocycles. The van der Waals surface area contributed by atoms with Gasteiger partial charge in [0.25, 0.3) is 5.91 Å². The van der Waals surface area contributed by atoms with E-state index in [1.807, 2.05) is 0 Å². The number of rotatable bonds is 7. The molecule has 0 radical (unpaired) electrons. The summed E-state index contributed by atoms with van der Waals surface area (Å²) in [7, 11) is 0. The Bertz CT molecular complexity index is 519. The molecule has 1 aromatic carbocycles. The number of hydrogen-bond acceptors (Lipinski definition) is 3. The van der Waals surface area contributed by atoms with Crippen molar-refractivity contribution in [3.05, 3.63) is 39.8 Å². The summed E-state index contributed by atoms with van der Waals surface area (Å²) in [5.41, 5.74) is 0. The Kier molecular flexibility index (Phi) is 6.74. The third kappa shape index (κ3) is 5.34. The molecule has 1 unspecified atom stereocenters. The first-order valence-corrected chi connectivity index (χ1v) is 7.23. The molecular formula is C13H13Br2NO4. The highest BCUT2D eigenvalue weighted by Crippen LogP contribution is 2.28. The van der Waals surface area contributed by atoms with Crippen LogP contribution in [0.2, 0.25) is 0 Å². The molecule has 0 spiro atoms. The number of benzene rings is 1. The van der Waals surface area contributed by atoms with Crippen LogP contribution < -0.4 is 10.1 Å². The van der Waals surface area contributed by atoms with Gasteiger partial charge in [0.2, 0.25) is 0 Å². The second-order valence-corrected chi connectivity index (χ2v) is 5.62. The van der Waals surface area contributed by atoms with Crippen molar-refractivity contribution in [2.75, 3.05) is 6.61 Å². The lowest BCUT2D eigenvalue weighted by atomic mass is 10.2. The van der Waals surface area contributed by atoms with E-state index in [1.165, 1.54) is 6.08 Å². The predicted molar refractivity (Wildman–Crippen MR) is 81.7 cm³/mol. The van der Waals surface area contributed by atoms with Crippen molar-refractivity contribution >= 4 is 43.7 Å². The van der Waals surface area contributed by atoms with Crippen LogP contribution >= 0.6 is 31.9 Å². The zero-order valence-corrected chi connectivity index (χ0v) is 13.6. The Labute approximate surface area is 133 Å². The first-order valence-electron chi connectivity index (χ1n) is 5.65. The summed E-state index contributed by atoms with van der Waals surface area (Å²) in [5, 5.41) is 11.3. The van der Waals surface area contributed by atoms with Gasteiger partial charge in [-0.15, -0.1) is 6.58 Å². The van der Waals surface area contributed by atoms with Crippen LogP contribution in [0.5, 0.6) is 5.75 Å². The van der Waals surface area contributed by atoms with E-state index in [1.54, 1.807) is 18.2 Å². The molecule has 0 aliphatic heterocycles. The van der Waals surface area contributed by atoms with E-state index in [-0.39, 0.29) is 13.0 Å². The van der Waals surface area contributed by atoms with E-state index in [9.17, 15) is 9.59 Å². The van der Waals surface area contributed by atoms with E-state index in [2.05, 4.69) is 43.8 Å². The molecule has 0 aliphatic rings. The number of nitrogens with one attached hydrogen (secondary N) is 1. The number of hydrogen-bond donors (Lipinski definition) is 2. The zero-order chi connectivity index (χ0) is 15.1. The fourth-order valence-electron chi connectivity index (χ4n) is 1.36. The summed E-state index contributed by atoms with van der Waals surface area (Å²) < 4.78 is 6.88. The summed E-state index contributed by atoms with van der Waals surface area (Å²) in [6, 6.07) is 4.26. The van der Waals surface area contributed by atoms with Crippen LogP contribution in [0.4, 0.5) is 0 Å². The van der Waals surface area contributed by atoms with Crippen LogP contribution in [0.15, 0.2) is 39.8 Å².